The zero-order chi connectivity index (χ0) is 21.4. The largest absolute Gasteiger partial charge is 0.349 e. The standard InChI is InChI=1S/C25H26FN3O2/c26-20-10-6-16(7-11-20)15-29-23-18(12-19(14-27-23)17-8-9-17)13-22(25(29)31)24(30)28-21-4-2-1-3-5-21/h6-7,10-14,17,21H,1-5,8-9,15H2,(H,28,30). The molecule has 2 heterocycles. The molecule has 0 radical (unpaired) electrons. The molecule has 2 aromatic heterocycles. The van der Waals surface area contributed by atoms with Gasteiger partial charge in [-0.05, 0) is 67.0 Å². The first-order chi connectivity index (χ1) is 15.1. The van der Waals surface area contributed by atoms with Crippen LogP contribution in [0.1, 0.15) is 72.3 Å². The number of carbonyl (C=O) groups is 1. The summed E-state index contributed by atoms with van der Waals surface area (Å²) in [6.07, 6.45) is 9.45. The number of nitrogens with one attached hydrogen (secondary N) is 1. The van der Waals surface area contributed by atoms with Crippen LogP contribution in [0.25, 0.3) is 11.0 Å². The maximum atomic E-state index is 13.4. The van der Waals surface area contributed by atoms with E-state index in [-0.39, 0.29) is 35.4 Å². The van der Waals surface area contributed by atoms with Crippen molar-refractivity contribution in [3.63, 3.8) is 0 Å². The second-order valence-electron chi connectivity index (χ2n) is 8.84. The first-order valence-electron chi connectivity index (χ1n) is 11.2. The van der Waals surface area contributed by atoms with Crippen LogP contribution in [-0.4, -0.2) is 21.5 Å². The molecule has 1 N–H and O–H groups in total. The van der Waals surface area contributed by atoms with Crippen LogP contribution in [0.4, 0.5) is 4.39 Å². The summed E-state index contributed by atoms with van der Waals surface area (Å²) >= 11 is 0. The van der Waals surface area contributed by atoms with Crippen LogP contribution in [0.5, 0.6) is 0 Å². The molecule has 0 atom stereocenters. The van der Waals surface area contributed by atoms with Gasteiger partial charge < -0.3 is 5.32 Å². The topological polar surface area (TPSA) is 64.0 Å². The van der Waals surface area contributed by atoms with Crippen LogP contribution in [0.3, 0.4) is 0 Å². The molecule has 2 saturated carbocycles. The van der Waals surface area contributed by atoms with Crippen molar-refractivity contribution in [3.05, 3.63) is 75.5 Å². The normalized spacial score (nSPS) is 17.1. The zero-order valence-corrected chi connectivity index (χ0v) is 17.4. The van der Waals surface area contributed by atoms with Gasteiger partial charge in [0, 0.05) is 17.6 Å². The van der Waals surface area contributed by atoms with Gasteiger partial charge in [-0.15, -0.1) is 0 Å². The van der Waals surface area contributed by atoms with Gasteiger partial charge in [0.1, 0.15) is 17.0 Å². The van der Waals surface area contributed by atoms with Crippen molar-refractivity contribution in [1.82, 2.24) is 14.9 Å². The predicted molar refractivity (Wildman–Crippen MR) is 118 cm³/mol. The Balaban J connectivity index is 1.56. The van der Waals surface area contributed by atoms with Crippen molar-refractivity contribution in [1.29, 1.82) is 0 Å². The number of rotatable bonds is 5. The van der Waals surface area contributed by atoms with Gasteiger partial charge in [-0.3, -0.25) is 14.2 Å². The molecule has 5 nitrogen and oxygen atoms in total. The molecule has 2 fully saturated rings. The van der Waals surface area contributed by atoms with Crippen LogP contribution in [0.15, 0.2) is 47.4 Å². The highest BCUT2D eigenvalue weighted by molar-refractivity contribution is 5.97. The summed E-state index contributed by atoms with van der Waals surface area (Å²) in [4.78, 5) is 31.0. The molecule has 1 amide bonds. The number of hydrogen-bond acceptors (Lipinski definition) is 3. The zero-order valence-electron chi connectivity index (χ0n) is 17.4. The molecule has 0 bridgehead atoms. The lowest BCUT2D eigenvalue weighted by Crippen LogP contribution is -2.40. The fourth-order valence-electron chi connectivity index (χ4n) is 4.51. The van der Waals surface area contributed by atoms with Crippen LogP contribution in [0.2, 0.25) is 0 Å². The number of aromatic nitrogens is 2. The maximum Gasteiger partial charge on any atom is 0.265 e. The third-order valence-electron chi connectivity index (χ3n) is 6.44. The van der Waals surface area contributed by atoms with Gasteiger partial charge in [-0.25, -0.2) is 9.37 Å². The maximum absolute atomic E-state index is 13.4. The summed E-state index contributed by atoms with van der Waals surface area (Å²) in [6, 6.07) is 9.93. The lowest BCUT2D eigenvalue weighted by molar-refractivity contribution is 0.0926. The van der Waals surface area contributed by atoms with Crippen molar-refractivity contribution in [3.8, 4) is 0 Å². The van der Waals surface area contributed by atoms with E-state index in [1.807, 2.05) is 6.20 Å². The second-order valence-corrected chi connectivity index (χ2v) is 8.84. The van der Waals surface area contributed by atoms with Crippen LogP contribution < -0.4 is 10.9 Å². The van der Waals surface area contributed by atoms with E-state index < -0.39 is 0 Å². The first kappa shape index (κ1) is 19.9. The minimum absolute atomic E-state index is 0.123. The van der Waals surface area contributed by atoms with Crippen molar-refractivity contribution in [2.45, 2.75) is 63.5 Å². The van der Waals surface area contributed by atoms with Gasteiger partial charge >= 0.3 is 0 Å². The molecular weight excluding hydrogens is 393 g/mol. The van der Waals surface area contributed by atoms with Crippen molar-refractivity contribution >= 4 is 16.9 Å². The number of benzene rings is 1. The number of pyridine rings is 2. The SMILES string of the molecule is O=C(NC1CCCCC1)c1cc2cc(C3CC3)cnc2n(Cc2ccc(F)cc2)c1=O. The fraction of sp³-hybridized carbons (Fsp3) is 0.400. The molecule has 1 aromatic carbocycles. The van der Waals surface area contributed by atoms with Gasteiger partial charge in [0.2, 0.25) is 0 Å². The summed E-state index contributed by atoms with van der Waals surface area (Å²) in [5, 5.41) is 3.86. The minimum Gasteiger partial charge on any atom is -0.349 e. The van der Waals surface area contributed by atoms with Gasteiger partial charge in [-0.2, -0.15) is 0 Å². The van der Waals surface area contributed by atoms with E-state index in [0.717, 1.165) is 55.0 Å². The van der Waals surface area contributed by atoms with Gasteiger partial charge in [-0.1, -0.05) is 31.4 Å². The highest BCUT2D eigenvalue weighted by Gasteiger charge is 2.25. The molecule has 5 rings (SSSR count). The average Bonchev–Trinajstić information content (AvgIpc) is 3.63. The van der Waals surface area contributed by atoms with Gasteiger partial charge in [0.05, 0.1) is 6.54 Å². The monoisotopic (exact) mass is 419 g/mol. The molecule has 0 unspecified atom stereocenters. The summed E-state index contributed by atoms with van der Waals surface area (Å²) in [7, 11) is 0. The van der Waals surface area contributed by atoms with E-state index in [2.05, 4.69) is 16.4 Å². The Kier molecular flexibility index (Phi) is 5.30. The molecule has 31 heavy (non-hydrogen) atoms. The molecule has 6 heteroatoms. The molecule has 0 spiro atoms. The fourth-order valence-corrected chi connectivity index (χ4v) is 4.51. The van der Waals surface area contributed by atoms with E-state index in [1.54, 1.807) is 18.2 Å². The molecule has 2 aliphatic carbocycles. The number of fused-ring (bicyclic) bond motifs is 1. The smallest absolute Gasteiger partial charge is 0.265 e. The quantitative estimate of drug-likeness (QED) is 0.661. The lowest BCUT2D eigenvalue weighted by Gasteiger charge is -2.23. The van der Waals surface area contributed by atoms with Crippen LogP contribution >= 0.6 is 0 Å². The summed E-state index contributed by atoms with van der Waals surface area (Å²) in [5.74, 6) is -0.119. The van der Waals surface area contributed by atoms with E-state index in [9.17, 15) is 14.0 Å². The molecule has 160 valence electrons. The Morgan fingerprint density at radius 1 is 1.06 bits per heavy atom. The predicted octanol–water partition coefficient (Wildman–Crippen LogP) is 4.52. The van der Waals surface area contributed by atoms with E-state index in [4.69, 9.17) is 0 Å². The molecule has 3 aromatic rings. The molecular formula is C25H26FN3O2. The molecule has 2 aliphatic rings. The van der Waals surface area contributed by atoms with Crippen LogP contribution in [-0.2, 0) is 6.54 Å². The lowest BCUT2D eigenvalue weighted by atomic mass is 9.95. The molecule has 0 saturated heterocycles. The Hall–Kier alpha value is -3.02. The average molecular weight is 420 g/mol. The van der Waals surface area contributed by atoms with Crippen molar-refractivity contribution in [2.75, 3.05) is 0 Å². The van der Waals surface area contributed by atoms with E-state index >= 15 is 0 Å². The summed E-state index contributed by atoms with van der Waals surface area (Å²) < 4.78 is 14.9. The summed E-state index contributed by atoms with van der Waals surface area (Å²) in [6.45, 7) is 0.232. The van der Waals surface area contributed by atoms with E-state index in [0.29, 0.717) is 11.6 Å². The van der Waals surface area contributed by atoms with Gasteiger partial charge in [0.25, 0.3) is 11.5 Å². The minimum atomic E-state index is -0.364. The second kappa shape index (κ2) is 8.25. The van der Waals surface area contributed by atoms with Crippen molar-refractivity contribution < 1.29 is 9.18 Å². The number of halogens is 1. The Labute approximate surface area is 180 Å². The third-order valence-corrected chi connectivity index (χ3v) is 6.44. The first-order valence-corrected chi connectivity index (χ1v) is 11.2. The Morgan fingerprint density at radius 3 is 2.52 bits per heavy atom. The number of carbonyl (C=O) groups excluding carboxylic acids is 1. The highest BCUT2D eigenvalue weighted by atomic mass is 19.1. The van der Waals surface area contributed by atoms with Crippen LogP contribution in [0, 0.1) is 5.82 Å². The van der Waals surface area contributed by atoms with E-state index in [1.165, 1.54) is 23.1 Å². The Morgan fingerprint density at radius 2 is 1.81 bits per heavy atom. The summed E-state index contributed by atoms with van der Waals surface area (Å²) in [5.41, 5.74) is 2.26. The highest BCUT2D eigenvalue weighted by Crippen LogP contribution is 2.40. The number of hydrogen-bond donors (Lipinski definition) is 1. The molecule has 0 aliphatic heterocycles. The van der Waals surface area contributed by atoms with Gasteiger partial charge in [0.15, 0.2) is 0 Å². The number of amides is 1. The Bertz CT molecular complexity index is 1180. The third kappa shape index (κ3) is 4.24. The number of nitrogens with zero attached hydrogens (tertiary/aromatic N) is 2. The van der Waals surface area contributed by atoms with Crippen molar-refractivity contribution in [2.24, 2.45) is 0 Å².